The third-order valence-corrected chi connectivity index (χ3v) is 2.35. The lowest BCUT2D eigenvalue weighted by Gasteiger charge is -2.18. The van der Waals surface area contributed by atoms with E-state index in [2.05, 4.69) is 0 Å². The van der Waals surface area contributed by atoms with E-state index in [1.54, 1.807) is 0 Å². The Morgan fingerprint density at radius 3 is 2.64 bits per heavy atom. The molecule has 1 aliphatic heterocycles. The summed E-state index contributed by atoms with van der Waals surface area (Å²) in [4.78, 5) is 10.9. The van der Waals surface area contributed by atoms with E-state index in [9.17, 15) is 9.90 Å². The molecule has 1 aliphatic rings. The zero-order chi connectivity index (χ0) is 10.0. The molecule has 1 saturated heterocycles. The molecule has 3 heteroatoms. The van der Waals surface area contributed by atoms with Crippen molar-refractivity contribution in [3.8, 4) is 0 Å². The van der Waals surface area contributed by atoms with Gasteiger partial charge in [-0.1, -0.05) is 30.3 Å². The van der Waals surface area contributed by atoms with Crippen molar-refractivity contribution >= 4 is 5.97 Å². The van der Waals surface area contributed by atoms with Crippen molar-refractivity contribution in [1.82, 2.24) is 0 Å². The SMILES string of the molecule is O=C1C[C@@](O)(Cc2ccccc2)CO1. The van der Waals surface area contributed by atoms with Crippen molar-refractivity contribution < 1.29 is 14.6 Å². The first-order valence-electron chi connectivity index (χ1n) is 4.60. The fraction of sp³-hybridized carbons (Fsp3) is 0.364. The highest BCUT2D eigenvalue weighted by Gasteiger charge is 2.38. The number of rotatable bonds is 2. The smallest absolute Gasteiger partial charge is 0.308 e. The van der Waals surface area contributed by atoms with Gasteiger partial charge in [-0.15, -0.1) is 0 Å². The van der Waals surface area contributed by atoms with E-state index in [0.29, 0.717) is 6.42 Å². The van der Waals surface area contributed by atoms with Gasteiger partial charge in [0, 0.05) is 6.42 Å². The molecule has 1 aromatic carbocycles. The zero-order valence-electron chi connectivity index (χ0n) is 7.77. The van der Waals surface area contributed by atoms with E-state index >= 15 is 0 Å². The van der Waals surface area contributed by atoms with Gasteiger partial charge in [-0.3, -0.25) is 4.79 Å². The Labute approximate surface area is 82.3 Å². The van der Waals surface area contributed by atoms with Gasteiger partial charge in [0.15, 0.2) is 0 Å². The molecule has 0 bridgehead atoms. The van der Waals surface area contributed by atoms with Crippen molar-refractivity contribution in [1.29, 1.82) is 0 Å². The first kappa shape index (κ1) is 9.21. The van der Waals surface area contributed by atoms with Crippen LogP contribution in [0.3, 0.4) is 0 Å². The van der Waals surface area contributed by atoms with E-state index < -0.39 is 5.60 Å². The zero-order valence-corrected chi connectivity index (χ0v) is 7.77. The van der Waals surface area contributed by atoms with Crippen molar-refractivity contribution in [3.05, 3.63) is 35.9 Å². The summed E-state index contributed by atoms with van der Waals surface area (Å²) in [6.07, 6.45) is 0.571. The van der Waals surface area contributed by atoms with E-state index in [1.807, 2.05) is 30.3 Å². The lowest BCUT2D eigenvalue weighted by molar-refractivity contribution is -0.137. The van der Waals surface area contributed by atoms with Crippen LogP contribution in [0.1, 0.15) is 12.0 Å². The summed E-state index contributed by atoms with van der Waals surface area (Å²) in [6, 6.07) is 9.61. The minimum atomic E-state index is -1.00. The summed E-state index contributed by atoms with van der Waals surface area (Å²) in [7, 11) is 0. The van der Waals surface area contributed by atoms with Crippen molar-refractivity contribution in [2.24, 2.45) is 0 Å². The second kappa shape index (κ2) is 3.42. The Kier molecular flexibility index (Phi) is 2.25. The molecule has 0 aliphatic carbocycles. The molecule has 1 heterocycles. The van der Waals surface area contributed by atoms with Gasteiger partial charge in [-0.2, -0.15) is 0 Å². The maximum Gasteiger partial charge on any atom is 0.308 e. The number of ether oxygens (including phenoxy) is 1. The Hall–Kier alpha value is -1.35. The van der Waals surface area contributed by atoms with Crippen molar-refractivity contribution in [3.63, 3.8) is 0 Å². The highest BCUT2D eigenvalue weighted by Crippen LogP contribution is 2.23. The monoisotopic (exact) mass is 192 g/mol. The summed E-state index contributed by atoms with van der Waals surface area (Å²) >= 11 is 0. The molecule has 1 N–H and O–H groups in total. The summed E-state index contributed by atoms with van der Waals surface area (Å²) in [6.45, 7) is 0.112. The largest absolute Gasteiger partial charge is 0.462 e. The molecule has 0 aromatic heterocycles. The van der Waals surface area contributed by atoms with Gasteiger partial charge in [0.2, 0.25) is 0 Å². The summed E-state index contributed by atoms with van der Waals surface area (Å²) in [5.74, 6) is -0.316. The second-order valence-corrected chi connectivity index (χ2v) is 3.72. The van der Waals surface area contributed by atoms with Crippen LogP contribution in [0.5, 0.6) is 0 Å². The van der Waals surface area contributed by atoms with Crippen LogP contribution in [0.2, 0.25) is 0 Å². The van der Waals surface area contributed by atoms with E-state index in [0.717, 1.165) is 5.56 Å². The number of esters is 1. The quantitative estimate of drug-likeness (QED) is 0.708. The molecule has 0 unspecified atom stereocenters. The van der Waals surface area contributed by atoms with Gasteiger partial charge in [-0.05, 0) is 5.56 Å². The molecule has 1 aromatic rings. The molecule has 14 heavy (non-hydrogen) atoms. The fourth-order valence-corrected chi connectivity index (χ4v) is 1.67. The van der Waals surface area contributed by atoms with E-state index in [4.69, 9.17) is 4.74 Å². The van der Waals surface area contributed by atoms with Crippen LogP contribution in [0.4, 0.5) is 0 Å². The number of aliphatic hydroxyl groups is 1. The van der Waals surface area contributed by atoms with Crippen molar-refractivity contribution in [2.45, 2.75) is 18.4 Å². The molecule has 0 radical (unpaired) electrons. The summed E-state index contributed by atoms with van der Waals surface area (Å²) in [5, 5.41) is 9.97. The van der Waals surface area contributed by atoms with Crippen LogP contribution in [0.25, 0.3) is 0 Å². The van der Waals surface area contributed by atoms with Crippen LogP contribution >= 0.6 is 0 Å². The molecule has 74 valence electrons. The second-order valence-electron chi connectivity index (χ2n) is 3.72. The van der Waals surface area contributed by atoms with Gasteiger partial charge in [-0.25, -0.2) is 0 Å². The molecule has 0 amide bonds. The number of hydrogen-bond donors (Lipinski definition) is 1. The van der Waals surface area contributed by atoms with Gasteiger partial charge >= 0.3 is 5.97 Å². The average molecular weight is 192 g/mol. The third-order valence-electron chi connectivity index (χ3n) is 2.35. The number of cyclic esters (lactones) is 1. The molecule has 2 rings (SSSR count). The summed E-state index contributed by atoms with van der Waals surface area (Å²) < 4.78 is 4.75. The van der Waals surface area contributed by atoms with Gasteiger partial charge in [0.1, 0.15) is 12.2 Å². The Bertz CT molecular complexity index is 334. The lowest BCUT2D eigenvalue weighted by Crippen LogP contribution is -2.31. The fourth-order valence-electron chi connectivity index (χ4n) is 1.67. The topological polar surface area (TPSA) is 46.5 Å². The minimum absolute atomic E-state index is 0.0991. The highest BCUT2D eigenvalue weighted by atomic mass is 16.6. The average Bonchev–Trinajstić information content (AvgIpc) is 2.47. The number of benzene rings is 1. The number of carbonyl (C=O) groups excluding carboxylic acids is 1. The maximum atomic E-state index is 10.9. The van der Waals surface area contributed by atoms with Crippen LogP contribution in [-0.2, 0) is 16.0 Å². The molecular weight excluding hydrogens is 180 g/mol. The molecule has 1 atom stereocenters. The van der Waals surface area contributed by atoms with Gasteiger partial charge < -0.3 is 9.84 Å². The van der Waals surface area contributed by atoms with Crippen LogP contribution in [-0.4, -0.2) is 23.3 Å². The third kappa shape index (κ3) is 1.93. The van der Waals surface area contributed by atoms with Gasteiger partial charge in [0.05, 0.1) is 6.42 Å². The van der Waals surface area contributed by atoms with E-state index in [1.165, 1.54) is 0 Å². The van der Waals surface area contributed by atoms with Crippen LogP contribution in [0, 0.1) is 0 Å². The summed E-state index contributed by atoms with van der Waals surface area (Å²) in [5.41, 5.74) is 0.0200. The Morgan fingerprint density at radius 2 is 2.07 bits per heavy atom. The first-order valence-corrected chi connectivity index (χ1v) is 4.60. The van der Waals surface area contributed by atoms with Crippen LogP contribution < -0.4 is 0 Å². The van der Waals surface area contributed by atoms with Gasteiger partial charge in [0.25, 0.3) is 0 Å². The predicted octanol–water partition coefficient (Wildman–Crippen LogP) is 0.907. The van der Waals surface area contributed by atoms with Crippen molar-refractivity contribution in [2.75, 3.05) is 6.61 Å². The number of hydrogen-bond acceptors (Lipinski definition) is 3. The predicted molar refractivity (Wildman–Crippen MR) is 50.7 cm³/mol. The molecule has 0 saturated carbocycles. The maximum absolute atomic E-state index is 10.9. The number of carbonyl (C=O) groups is 1. The Balaban J connectivity index is 2.08. The van der Waals surface area contributed by atoms with E-state index in [-0.39, 0.29) is 19.0 Å². The highest BCUT2D eigenvalue weighted by molar-refractivity contribution is 5.73. The lowest BCUT2D eigenvalue weighted by atomic mass is 9.94. The molecular formula is C11H12O3. The van der Waals surface area contributed by atoms with Crippen LogP contribution in [0.15, 0.2) is 30.3 Å². The molecule has 3 nitrogen and oxygen atoms in total. The molecule has 0 spiro atoms. The normalized spacial score (nSPS) is 26.2. The molecule has 1 fully saturated rings. The Morgan fingerprint density at radius 1 is 1.36 bits per heavy atom. The first-order chi connectivity index (χ1) is 6.68. The minimum Gasteiger partial charge on any atom is -0.462 e. The standard InChI is InChI=1S/C11H12O3/c12-10-7-11(13,8-14-10)6-9-4-2-1-3-5-9/h1-5,13H,6-8H2/t11-/m0/s1.